The zero-order chi connectivity index (χ0) is 17.6. The lowest BCUT2D eigenvalue weighted by Crippen LogP contribution is -2.23. The van der Waals surface area contributed by atoms with Gasteiger partial charge in [0.25, 0.3) is 0 Å². The van der Waals surface area contributed by atoms with Crippen LogP contribution in [-0.4, -0.2) is 23.8 Å². The van der Waals surface area contributed by atoms with Gasteiger partial charge in [-0.1, -0.05) is 35.9 Å². The van der Waals surface area contributed by atoms with E-state index in [1.165, 1.54) is 22.3 Å². The predicted molar refractivity (Wildman–Crippen MR) is 96.0 cm³/mol. The molecule has 0 bridgehead atoms. The molecule has 1 aliphatic rings. The van der Waals surface area contributed by atoms with Gasteiger partial charge in [-0.2, -0.15) is 0 Å². The van der Waals surface area contributed by atoms with Gasteiger partial charge in [-0.05, 0) is 55.0 Å². The summed E-state index contributed by atoms with van der Waals surface area (Å²) in [7, 11) is 0. The predicted octanol–water partition coefficient (Wildman–Crippen LogP) is 3.92. The van der Waals surface area contributed by atoms with Gasteiger partial charge < -0.3 is 14.6 Å². The molecule has 1 atom stereocenters. The number of ether oxygens (including phenoxy) is 2. The van der Waals surface area contributed by atoms with Crippen molar-refractivity contribution < 1.29 is 19.4 Å². The summed E-state index contributed by atoms with van der Waals surface area (Å²) in [6.45, 7) is 2.94. The Bertz CT molecular complexity index is 738. The molecule has 1 aliphatic carbocycles. The molecule has 0 fully saturated rings. The first-order chi connectivity index (χ1) is 12.1. The van der Waals surface area contributed by atoms with E-state index in [-0.39, 0.29) is 19.1 Å². The van der Waals surface area contributed by atoms with E-state index >= 15 is 0 Å². The maximum absolute atomic E-state index is 10.6. The van der Waals surface area contributed by atoms with Crippen LogP contribution in [0.2, 0.25) is 0 Å². The molecule has 0 heterocycles. The van der Waals surface area contributed by atoms with Gasteiger partial charge in [-0.25, -0.2) is 0 Å². The van der Waals surface area contributed by atoms with Crippen molar-refractivity contribution in [3.05, 3.63) is 64.7 Å². The average Bonchev–Trinajstić information content (AvgIpc) is 2.59. The molecule has 0 amide bonds. The molecule has 2 aromatic rings. The second kappa shape index (κ2) is 8.17. The summed E-state index contributed by atoms with van der Waals surface area (Å²) in [4.78, 5) is 10.6. The Morgan fingerprint density at radius 2 is 2.08 bits per heavy atom. The number of benzene rings is 2. The van der Waals surface area contributed by atoms with Crippen LogP contribution in [0.3, 0.4) is 0 Å². The van der Waals surface area contributed by atoms with Crippen molar-refractivity contribution in [1.29, 1.82) is 0 Å². The number of hydrogen-bond acceptors (Lipinski definition) is 3. The number of carboxylic acids is 1. The van der Waals surface area contributed by atoms with Crippen LogP contribution in [0.1, 0.15) is 35.1 Å². The molecule has 25 heavy (non-hydrogen) atoms. The fourth-order valence-electron chi connectivity index (χ4n) is 3.21. The molecule has 1 unspecified atom stereocenters. The van der Waals surface area contributed by atoms with Gasteiger partial charge in [0.2, 0.25) is 0 Å². The number of carbonyl (C=O) groups is 1. The zero-order valence-corrected chi connectivity index (χ0v) is 14.5. The molecule has 0 radical (unpaired) electrons. The van der Waals surface area contributed by atoms with Gasteiger partial charge in [-0.15, -0.1) is 0 Å². The molecule has 0 aliphatic heterocycles. The molecule has 2 aromatic carbocycles. The molecular weight excluding hydrogens is 316 g/mol. The molecular formula is C21H24O4. The fourth-order valence-corrected chi connectivity index (χ4v) is 3.21. The third-order valence-electron chi connectivity index (χ3n) is 4.52. The SMILES string of the molecule is Cc1cccc(COc2ccc3c(c2)CCC(OCCC(=O)O)C3)c1. The summed E-state index contributed by atoms with van der Waals surface area (Å²) in [5.41, 5.74) is 4.99. The standard InChI is InChI=1S/C21H24O4/c1-15-3-2-4-16(11-15)14-25-20-8-6-17-12-19(7-5-18(17)13-20)24-10-9-21(22)23/h2-4,6,8,11,13,19H,5,7,9-10,12,14H2,1H3,(H,22,23). The monoisotopic (exact) mass is 340 g/mol. The molecule has 3 rings (SSSR count). The normalized spacial score (nSPS) is 16.3. The van der Waals surface area contributed by atoms with Crippen LogP contribution in [0.15, 0.2) is 42.5 Å². The number of carboxylic acid groups (broad SMARTS) is 1. The highest BCUT2D eigenvalue weighted by molar-refractivity contribution is 5.66. The second-order valence-electron chi connectivity index (χ2n) is 6.59. The van der Waals surface area contributed by atoms with Crippen LogP contribution in [0.5, 0.6) is 5.75 Å². The van der Waals surface area contributed by atoms with Crippen molar-refractivity contribution in [2.75, 3.05) is 6.61 Å². The van der Waals surface area contributed by atoms with Crippen molar-refractivity contribution in [3.63, 3.8) is 0 Å². The summed E-state index contributed by atoms with van der Waals surface area (Å²) in [6.07, 6.45) is 2.89. The van der Waals surface area contributed by atoms with E-state index in [9.17, 15) is 4.79 Å². The average molecular weight is 340 g/mol. The van der Waals surface area contributed by atoms with Crippen LogP contribution >= 0.6 is 0 Å². The summed E-state index contributed by atoms with van der Waals surface area (Å²) in [5, 5.41) is 8.69. The number of aliphatic carboxylic acids is 1. The Morgan fingerprint density at radius 1 is 1.20 bits per heavy atom. The van der Waals surface area contributed by atoms with Crippen molar-refractivity contribution in [2.24, 2.45) is 0 Å². The lowest BCUT2D eigenvalue weighted by molar-refractivity contribution is -0.138. The highest BCUT2D eigenvalue weighted by Crippen LogP contribution is 2.27. The van der Waals surface area contributed by atoms with Crippen molar-refractivity contribution >= 4 is 5.97 Å². The van der Waals surface area contributed by atoms with Crippen molar-refractivity contribution in [2.45, 2.75) is 45.3 Å². The number of hydrogen-bond donors (Lipinski definition) is 1. The lowest BCUT2D eigenvalue weighted by Gasteiger charge is -2.25. The molecule has 4 heteroatoms. The van der Waals surface area contributed by atoms with E-state index in [1.54, 1.807) is 0 Å². The van der Waals surface area contributed by atoms with E-state index < -0.39 is 5.97 Å². The van der Waals surface area contributed by atoms with E-state index in [4.69, 9.17) is 14.6 Å². The summed E-state index contributed by atoms with van der Waals surface area (Å²) >= 11 is 0. The second-order valence-corrected chi connectivity index (χ2v) is 6.59. The minimum absolute atomic E-state index is 0.0646. The van der Waals surface area contributed by atoms with Crippen molar-refractivity contribution in [1.82, 2.24) is 0 Å². The van der Waals surface area contributed by atoms with Crippen LogP contribution in [-0.2, 0) is 29.0 Å². The van der Waals surface area contributed by atoms with E-state index in [0.717, 1.165) is 25.0 Å². The fraction of sp³-hybridized carbons (Fsp3) is 0.381. The largest absolute Gasteiger partial charge is 0.489 e. The molecule has 132 valence electrons. The maximum Gasteiger partial charge on any atom is 0.305 e. The first kappa shape index (κ1) is 17.5. The Balaban J connectivity index is 1.55. The summed E-state index contributed by atoms with van der Waals surface area (Å²) in [6, 6.07) is 14.6. The first-order valence-electron chi connectivity index (χ1n) is 8.74. The first-order valence-corrected chi connectivity index (χ1v) is 8.74. The molecule has 0 saturated carbocycles. The van der Waals surface area contributed by atoms with Gasteiger partial charge in [0.05, 0.1) is 19.1 Å². The molecule has 0 spiro atoms. The third kappa shape index (κ3) is 5.07. The summed E-state index contributed by atoms with van der Waals surface area (Å²) < 4.78 is 11.6. The van der Waals surface area contributed by atoms with Crippen LogP contribution in [0.4, 0.5) is 0 Å². The van der Waals surface area contributed by atoms with E-state index in [0.29, 0.717) is 6.61 Å². The quantitative estimate of drug-likeness (QED) is 0.830. The lowest BCUT2D eigenvalue weighted by atomic mass is 9.89. The molecule has 1 N–H and O–H groups in total. The van der Waals surface area contributed by atoms with Crippen LogP contribution in [0, 0.1) is 6.92 Å². The third-order valence-corrected chi connectivity index (χ3v) is 4.52. The van der Waals surface area contributed by atoms with Crippen LogP contribution < -0.4 is 4.74 Å². The number of aryl methyl sites for hydroxylation is 2. The molecule has 4 nitrogen and oxygen atoms in total. The number of rotatable bonds is 7. The Kier molecular flexibility index (Phi) is 5.71. The number of fused-ring (bicyclic) bond motifs is 1. The minimum Gasteiger partial charge on any atom is -0.489 e. The molecule has 0 aromatic heterocycles. The highest BCUT2D eigenvalue weighted by Gasteiger charge is 2.19. The highest BCUT2D eigenvalue weighted by atomic mass is 16.5. The Morgan fingerprint density at radius 3 is 2.88 bits per heavy atom. The topological polar surface area (TPSA) is 55.8 Å². The zero-order valence-electron chi connectivity index (χ0n) is 14.5. The van der Waals surface area contributed by atoms with Gasteiger partial charge in [0, 0.05) is 0 Å². The smallest absolute Gasteiger partial charge is 0.305 e. The van der Waals surface area contributed by atoms with Gasteiger partial charge >= 0.3 is 5.97 Å². The maximum atomic E-state index is 10.6. The molecule has 0 saturated heterocycles. The van der Waals surface area contributed by atoms with Crippen molar-refractivity contribution in [3.8, 4) is 5.75 Å². The van der Waals surface area contributed by atoms with Gasteiger partial charge in [0.15, 0.2) is 0 Å². The van der Waals surface area contributed by atoms with Gasteiger partial charge in [0.1, 0.15) is 12.4 Å². The Hall–Kier alpha value is -2.33. The van der Waals surface area contributed by atoms with Gasteiger partial charge in [-0.3, -0.25) is 4.79 Å². The Labute approximate surface area is 148 Å². The van der Waals surface area contributed by atoms with E-state index in [1.807, 2.05) is 12.1 Å². The van der Waals surface area contributed by atoms with E-state index in [2.05, 4.69) is 37.3 Å². The van der Waals surface area contributed by atoms with Crippen LogP contribution in [0.25, 0.3) is 0 Å². The summed E-state index contributed by atoms with van der Waals surface area (Å²) in [5.74, 6) is 0.0807. The minimum atomic E-state index is -0.813.